The largest absolute Gasteiger partial charge is 0.299 e. The lowest BCUT2D eigenvalue weighted by Gasteiger charge is -2.22. The second-order valence-electron chi connectivity index (χ2n) is 13.3. The van der Waals surface area contributed by atoms with E-state index in [0.717, 1.165) is 30.4 Å². The molecule has 56 heavy (non-hydrogen) atoms. The van der Waals surface area contributed by atoms with Gasteiger partial charge in [0, 0.05) is 55.4 Å². The summed E-state index contributed by atoms with van der Waals surface area (Å²) in [6.45, 7) is 15.8. The van der Waals surface area contributed by atoms with Gasteiger partial charge in [-0.05, 0) is 70.4 Å². The molecule has 3 aliphatic rings. The third-order valence-electron chi connectivity index (χ3n) is 9.59. The van der Waals surface area contributed by atoms with Crippen molar-refractivity contribution in [3.63, 3.8) is 0 Å². The Bertz CT molecular complexity index is 1600. The molecular formula is C47H63B3O6. The zero-order chi connectivity index (χ0) is 40.6. The van der Waals surface area contributed by atoms with Crippen molar-refractivity contribution >= 4 is 59.4 Å². The van der Waals surface area contributed by atoms with Gasteiger partial charge in [0.05, 0.1) is 27.1 Å². The van der Waals surface area contributed by atoms with Crippen LogP contribution >= 0.6 is 0 Å². The summed E-state index contributed by atoms with van der Waals surface area (Å²) in [6, 6.07) is 24.6. The van der Waals surface area contributed by atoms with Gasteiger partial charge in [0.1, 0.15) is 34.7 Å². The average molecular weight is 756 g/mol. The first-order chi connectivity index (χ1) is 26.1. The molecule has 0 atom stereocenters. The Labute approximate surface area is 343 Å². The summed E-state index contributed by atoms with van der Waals surface area (Å²) in [5.41, 5.74) is 7.26. The van der Waals surface area contributed by atoms with Crippen molar-refractivity contribution in [2.75, 3.05) is 0 Å². The van der Waals surface area contributed by atoms with E-state index in [9.17, 15) is 28.8 Å². The smallest absolute Gasteiger partial charge is 0.140 e. The number of carbonyl (C=O) groups is 6. The standard InChI is InChI=1S/3C14H16O2.2C2H6.CH3B.2B/c1-2-10-3-5-11(6-4-10)12-7-13(15)9-14(16)8-12;1-2-10-4-3-5-11(6-10)12-7-13(15)9-14(16)8-12;1-2-10-5-3-4-6-14(10)11-7-12(15)9-13(16)8-11;3*1-2;;/h2*3-6,12H,2,7-9H2,1H3;3-6,11H,2,7-9H2,1H3;2*1-2H3;1H3;;. The van der Waals surface area contributed by atoms with Crippen LogP contribution in [0.2, 0.25) is 6.82 Å². The summed E-state index contributed by atoms with van der Waals surface area (Å²) in [5.74, 6) is 0.858. The quantitative estimate of drug-likeness (QED) is 0.184. The van der Waals surface area contributed by atoms with E-state index >= 15 is 0 Å². The molecule has 0 bridgehead atoms. The maximum absolute atomic E-state index is 11.4. The van der Waals surface area contributed by atoms with Gasteiger partial charge in [0.15, 0.2) is 0 Å². The number of hydrogen-bond donors (Lipinski definition) is 0. The maximum atomic E-state index is 11.4. The Balaban J connectivity index is 0. The number of carbonyl (C=O) groups excluding carboxylic acids is 6. The first kappa shape index (κ1) is 54.0. The Morgan fingerprint density at radius 1 is 0.446 bits per heavy atom. The van der Waals surface area contributed by atoms with Crippen LogP contribution in [0.15, 0.2) is 72.8 Å². The van der Waals surface area contributed by atoms with Crippen LogP contribution in [0, 0.1) is 0 Å². The molecule has 0 aliphatic heterocycles. The Kier molecular flexibility index (Phi) is 29.0. The summed E-state index contributed by atoms with van der Waals surface area (Å²) < 4.78 is 0. The molecule has 9 heteroatoms. The lowest BCUT2D eigenvalue weighted by Crippen LogP contribution is -2.22. The van der Waals surface area contributed by atoms with Gasteiger partial charge in [0.25, 0.3) is 0 Å². The summed E-state index contributed by atoms with van der Waals surface area (Å²) in [5, 5.41) is 0. The Morgan fingerprint density at radius 2 is 0.839 bits per heavy atom. The molecule has 3 aliphatic carbocycles. The van der Waals surface area contributed by atoms with E-state index in [1.54, 1.807) is 0 Å². The fourth-order valence-corrected chi connectivity index (χ4v) is 7.00. The summed E-state index contributed by atoms with van der Waals surface area (Å²) in [7, 11) is 4.50. The summed E-state index contributed by atoms with van der Waals surface area (Å²) >= 11 is 0. The van der Waals surface area contributed by atoms with Crippen molar-refractivity contribution in [1.82, 2.24) is 0 Å². The van der Waals surface area contributed by atoms with Crippen LogP contribution in [0.4, 0.5) is 0 Å². The van der Waals surface area contributed by atoms with E-state index in [-0.39, 0.29) is 88.5 Å². The Hall–Kier alpha value is -4.13. The van der Waals surface area contributed by atoms with E-state index in [1.165, 1.54) is 29.1 Å². The molecule has 0 N–H and O–H groups in total. The highest BCUT2D eigenvalue weighted by molar-refractivity contribution is 6.05. The van der Waals surface area contributed by atoms with Gasteiger partial charge >= 0.3 is 0 Å². The topological polar surface area (TPSA) is 102 Å². The van der Waals surface area contributed by atoms with Crippen molar-refractivity contribution in [3.8, 4) is 0 Å². The molecule has 0 saturated heterocycles. The molecule has 6 nitrogen and oxygen atoms in total. The summed E-state index contributed by atoms with van der Waals surface area (Å²) in [4.78, 5) is 68.4. The maximum Gasteiger partial charge on any atom is 0.140 e. The zero-order valence-electron chi connectivity index (χ0n) is 35.3. The van der Waals surface area contributed by atoms with Gasteiger partial charge in [-0.15, -0.1) is 0 Å². The van der Waals surface area contributed by atoms with Crippen LogP contribution in [0.1, 0.15) is 157 Å². The second kappa shape index (κ2) is 30.1. The third-order valence-corrected chi connectivity index (χ3v) is 9.59. The SMILES string of the molecule is CC.CC.CCc1ccc(C2CC(=O)CC(=O)C2)cc1.CCc1cccc(C2CC(=O)CC(=O)C2)c1.CCc1ccccc1C1CC(=O)CC(=O)C1.[B].[B].[B]C. The second-order valence-corrected chi connectivity index (χ2v) is 13.3. The first-order valence-electron chi connectivity index (χ1n) is 20.0. The van der Waals surface area contributed by atoms with Gasteiger partial charge in [-0.25, -0.2) is 0 Å². The predicted molar refractivity (Wildman–Crippen MR) is 233 cm³/mol. The average Bonchev–Trinajstić information content (AvgIpc) is 3.19. The molecule has 0 amide bonds. The summed E-state index contributed by atoms with van der Waals surface area (Å²) in [6.07, 6.45) is 6.55. The van der Waals surface area contributed by atoms with Gasteiger partial charge < -0.3 is 0 Å². The van der Waals surface area contributed by atoms with Gasteiger partial charge in [-0.1, -0.05) is 128 Å². The van der Waals surface area contributed by atoms with Gasteiger partial charge in [-0.2, -0.15) is 0 Å². The molecule has 3 fully saturated rings. The molecule has 0 spiro atoms. The van der Waals surface area contributed by atoms with Crippen LogP contribution in [-0.4, -0.2) is 59.4 Å². The number of ketones is 6. The Morgan fingerprint density at radius 3 is 1.25 bits per heavy atom. The minimum atomic E-state index is 0. The van der Waals surface area contributed by atoms with Crippen molar-refractivity contribution in [3.05, 3.63) is 106 Å². The van der Waals surface area contributed by atoms with E-state index in [2.05, 4.69) is 77.1 Å². The number of hydrogen-bond acceptors (Lipinski definition) is 6. The van der Waals surface area contributed by atoms with Gasteiger partial charge in [0.2, 0.25) is 0 Å². The molecule has 3 saturated carbocycles. The lowest BCUT2D eigenvalue weighted by atomic mass is 9.80. The number of rotatable bonds is 6. The molecular weight excluding hydrogens is 693 g/mol. The normalized spacial score (nSPS) is 15.6. The minimum absolute atomic E-state index is 0. The van der Waals surface area contributed by atoms with Crippen molar-refractivity contribution in [2.24, 2.45) is 0 Å². The highest BCUT2D eigenvalue weighted by atomic mass is 16.2. The highest BCUT2D eigenvalue weighted by Gasteiger charge is 2.28. The molecule has 296 valence electrons. The predicted octanol–water partition coefficient (Wildman–Crippen LogP) is 9.46. The van der Waals surface area contributed by atoms with Crippen LogP contribution in [0.25, 0.3) is 0 Å². The fraction of sp³-hybridized carbons (Fsp3) is 0.489. The lowest BCUT2D eigenvalue weighted by molar-refractivity contribution is -0.131. The highest BCUT2D eigenvalue weighted by Crippen LogP contribution is 2.32. The van der Waals surface area contributed by atoms with Crippen LogP contribution in [0.3, 0.4) is 0 Å². The molecule has 0 unspecified atom stereocenters. The minimum Gasteiger partial charge on any atom is -0.299 e. The molecule has 8 radical (unpaired) electrons. The van der Waals surface area contributed by atoms with Crippen LogP contribution in [-0.2, 0) is 48.0 Å². The van der Waals surface area contributed by atoms with E-state index in [4.69, 9.17) is 0 Å². The van der Waals surface area contributed by atoms with Crippen molar-refractivity contribution in [1.29, 1.82) is 0 Å². The van der Waals surface area contributed by atoms with E-state index in [0.29, 0.717) is 38.5 Å². The number of benzene rings is 3. The van der Waals surface area contributed by atoms with Gasteiger partial charge in [-0.3, -0.25) is 28.8 Å². The van der Waals surface area contributed by atoms with E-state index < -0.39 is 0 Å². The molecule has 3 aromatic carbocycles. The first-order valence-corrected chi connectivity index (χ1v) is 20.0. The number of Topliss-reactive ketones (excluding diaryl/α,β-unsaturated/α-hetero) is 6. The fourth-order valence-electron chi connectivity index (χ4n) is 7.00. The monoisotopic (exact) mass is 756 g/mol. The third kappa shape index (κ3) is 18.2. The molecule has 6 rings (SSSR count). The number of aryl methyl sites for hydroxylation is 3. The molecule has 0 heterocycles. The van der Waals surface area contributed by atoms with E-state index in [1.807, 2.05) is 52.0 Å². The van der Waals surface area contributed by atoms with Crippen molar-refractivity contribution in [2.45, 2.75) is 150 Å². The zero-order valence-corrected chi connectivity index (χ0v) is 35.3. The van der Waals surface area contributed by atoms with Crippen LogP contribution < -0.4 is 0 Å². The van der Waals surface area contributed by atoms with Crippen LogP contribution in [0.5, 0.6) is 0 Å². The molecule has 0 aromatic heterocycles. The van der Waals surface area contributed by atoms with Crippen molar-refractivity contribution < 1.29 is 28.8 Å². The molecule has 3 aromatic rings.